The number of primary amides is 1. The third kappa shape index (κ3) is 4.75. The van der Waals surface area contributed by atoms with Crippen LogP contribution in [0.3, 0.4) is 0 Å². The van der Waals surface area contributed by atoms with Crippen molar-refractivity contribution in [2.24, 2.45) is 5.73 Å². The van der Waals surface area contributed by atoms with Crippen molar-refractivity contribution in [3.63, 3.8) is 0 Å². The van der Waals surface area contributed by atoms with E-state index in [1.807, 2.05) is 36.4 Å². The van der Waals surface area contributed by atoms with Gasteiger partial charge in [-0.25, -0.2) is 4.98 Å². The highest BCUT2D eigenvalue weighted by atomic mass is 35.5. The van der Waals surface area contributed by atoms with Crippen molar-refractivity contribution in [2.75, 3.05) is 18.0 Å². The zero-order chi connectivity index (χ0) is 21.8. The fraction of sp³-hybridized carbons (Fsp3) is 0.250. The molecule has 0 unspecified atom stereocenters. The molecular weight excluding hydrogens is 414 g/mol. The molecule has 1 saturated heterocycles. The zero-order valence-electron chi connectivity index (χ0n) is 17.3. The van der Waals surface area contributed by atoms with Crippen LogP contribution in [0.2, 0.25) is 5.02 Å². The van der Waals surface area contributed by atoms with E-state index in [1.54, 1.807) is 24.4 Å². The smallest absolute Gasteiger partial charge is 0.250 e. The summed E-state index contributed by atoms with van der Waals surface area (Å²) in [5.74, 6) is 1.27. The number of para-hydroxylation sites is 1. The lowest BCUT2D eigenvalue weighted by Gasteiger charge is -2.22. The summed E-state index contributed by atoms with van der Waals surface area (Å²) in [5.41, 5.74) is 7.98. The van der Waals surface area contributed by atoms with Gasteiger partial charge in [0, 0.05) is 24.8 Å². The first-order valence-electron chi connectivity index (χ1n) is 10.3. The molecule has 1 amide bonds. The number of carbonyl (C=O) groups excluding carboxylic acids is 1. The summed E-state index contributed by atoms with van der Waals surface area (Å²) >= 11 is 6.15. The maximum atomic E-state index is 12.2. The Kier molecular flexibility index (Phi) is 6.28. The van der Waals surface area contributed by atoms with E-state index >= 15 is 0 Å². The number of hydrogen-bond acceptors (Lipinski definition) is 5. The van der Waals surface area contributed by atoms with Crippen LogP contribution in [0.15, 0.2) is 60.8 Å². The Labute approximate surface area is 186 Å². The molecule has 2 heterocycles. The van der Waals surface area contributed by atoms with Crippen LogP contribution < -0.4 is 20.1 Å². The van der Waals surface area contributed by atoms with Crippen LogP contribution in [0.1, 0.15) is 29.3 Å². The van der Waals surface area contributed by atoms with Crippen LogP contribution in [0, 0.1) is 0 Å². The van der Waals surface area contributed by atoms with Crippen molar-refractivity contribution < 1.29 is 14.3 Å². The van der Waals surface area contributed by atoms with Gasteiger partial charge in [-0.15, -0.1) is 0 Å². The number of aromatic nitrogens is 1. The molecule has 1 fully saturated rings. The SMILES string of the molecule is CCc1ccccc1Oc1ccc(N2CC[C@H](Oc3ncccc3Cl)C2)c(C(N)=O)c1. The average molecular weight is 438 g/mol. The van der Waals surface area contributed by atoms with E-state index in [0.717, 1.165) is 36.4 Å². The Balaban J connectivity index is 1.52. The Morgan fingerprint density at radius 3 is 2.84 bits per heavy atom. The molecule has 1 atom stereocenters. The zero-order valence-corrected chi connectivity index (χ0v) is 18.0. The van der Waals surface area contributed by atoms with Crippen molar-refractivity contribution in [1.82, 2.24) is 4.98 Å². The molecule has 2 N–H and O–H groups in total. The number of aryl methyl sites for hydroxylation is 1. The predicted molar refractivity (Wildman–Crippen MR) is 121 cm³/mol. The van der Waals surface area contributed by atoms with Crippen molar-refractivity contribution in [3.05, 3.63) is 76.9 Å². The molecule has 0 bridgehead atoms. The number of amides is 1. The van der Waals surface area contributed by atoms with E-state index in [-0.39, 0.29) is 6.10 Å². The average Bonchev–Trinajstić information content (AvgIpc) is 3.24. The first kappa shape index (κ1) is 21.0. The van der Waals surface area contributed by atoms with Gasteiger partial charge in [-0.05, 0) is 48.4 Å². The van der Waals surface area contributed by atoms with Crippen LogP contribution in [0.5, 0.6) is 17.4 Å². The maximum Gasteiger partial charge on any atom is 0.250 e. The van der Waals surface area contributed by atoms with Gasteiger partial charge < -0.3 is 20.1 Å². The molecule has 0 radical (unpaired) electrons. The standard InChI is InChI=1S/C24H24ClN3O3/c1-2-16-6-3-4-8-22(16)30-17-9-10-21(19(14-17)23(26)29)28-13-11-18(15-28)31-24-20(25)7-5-12-27-24/h3-10,12,14,18H,2,11,13,15H2,1H3,(H2,26,29)/t18-/m0/s1. The van der Waals surface area contributed by atoms with Crippen molar-refractivity contribution in [1.29, 1.82) is 0 Å². The molecule has 1 aliphatic heterocycles. The number of hydrogen-bond donors (Lipinski definition) is 1. The fourth-order valence-electron chi connectivity index (χ4n) is 3.73. The molecule has 0 aliphatic carbocycles. The number of benzene rings is 2. The van der Waals surface area contributed by atoms with Gasteiger partial charge in [0.05, 0.1) is 12.1 Å². The Bertz CT molecular complexity index is 1090. The minimum Gasteiger partial charge on any atom is -0.471 e. The van der Waals surface area contributed by atoms with Crippen LogP contribution in [-0.4, -0.2) is 30.1 Å². The fourth-order valence-corrected chi connectivity index (χ4v) is 3.90. The third-order valence-electron chi connectivity index (χ3n) is 5.30. The van der Waals surface area contributed by atoms with Gasteiger partial charge >= 0.3 is 0 Å². The minimum absolute atomic E-state index is 0.0829. The molecular formula is C24H24ClN3O3. The second-order valence-corrected chi connectivity index (χ2v) is 7.78. The summed E-state index contributed by atoms with van der Waals surface area (Å²) < 4.78 is 12.0. The predicted octanol–water partition coefficient (Wildman–Crippen LogP) is 4.85. The van der Waals surface area contributed by atoms with Crippen molar-refractivity contribution >= 4 is 23.2 Å². The number of halogens is 1. The van der Waals surface area contributed by atoms with Crippen LogP contribution in [0.4, 0.5) is 5.69 Å². The monoisotopic (exact) mass is 437 g/mol. The number of pyridine rings is 1. The summed E-state index contributed by atoms with van der Waals surface area (Å²) in [6, 6.07) is 16.8. The lowest BCUT2D eigenvalue weighted by molar-refractivity contribution is 0.100. The van der Waals surface area contributed by atoms with Gasteiger partial charge in [-0.2, -0.15) is 0 Å². The van der Waals surface area contributed by atoms with Crippen molar-refractivity contribution in [2.45, 2.75) is 25.9 Å². The minimum atomic E-state index is -0.499. The summed E-state index contributed by atoms with van der Waals surface area (Å²) in [7, 11) is 0. The number of ether oxygens (including phenoxy) is 2. The maximum absolute atomic E-state index is 12.2. The summed E-state index contributed by atoms with van der Waals surface area (Å²) in [6.45, 7) is 3.41. The lowest BCUT2D eigenvalue weighted by Crippen LogP contribution is -2.27. The molecule has 0 saturated carbocycles. The lowest BCUT2D eigenvalue weighted by atomic mass is 10.1. The molecule has 3 aromatic rings. The first-order chi connectivity index (χ1) is 15.0. The van der Waals surface area contributed by atoms with Gasteiger partial charge in [0.25, 0.3) is 5.91 Å². The highest BCUT2D eigenvalue weighted by Crippen LogP contribution is 2.33. The van der Waals surface area contributed by atoms with Gasteiger partial charge in [0.1, 0.15) is 22.6 Å². The van der Waals surface area contributed by atoms with E-state index in [9.17, 15) is 4.79 Å². The molecule has 31 heavy (non-hydrogen) atoms. The second kappa shape index (κ2) is 9.27. The Morgan fingerprint density at radius 2 is 2.06 bits per heavy atom. The Hall–Kier alpha value is -3.25. The highest BCUT2D eigenvalue weighted by molar-refractivity contribution is 6.31. The van der Waals surface area contributed by atoms with E-state index < -0.39 is 5.91 Å². The van der Waals surface area contributed by atoms with Gasteiger partial charge in [0.2, 0.25) is 5.88 Å². The number of anilines is 1. The highest BCUT2D eigenvalue weighted by Gasteiger charge is 2.28. The molecule has 6 nitrogen and oxygen atoms in total. The molecule has 4 rings (SSSR count). The molecule has 2 aromatic carbocycles. The summed E-state index contributed by atoms with van der Waals surface area (Å²) in [6.07, 6.45) is 3.20. The molecule has 160 valence electrons. The summed E-state index contributed by atoms with van der Waals surface area (Å²) in [4.78, 5) is 18.5. The summed E-state index contributed by atoms with van der Waals surface area (Å²) in [5, 5.41) is 0.479. The Morgan fingerprint density at radius 1 is 1.23 bits per heavy atom. The van der Waals surface area contributed by atoms with Gasteiger partial charge in [-0.1, -0.05) is 36.7 Å². The number of rotatable bonds is 7. The van der Waals surface area contributed by atoms with Crippen molar-refractivity contribution in [3.8, 4) is 17.4 Å². The topological polar surface area (TPSA) is 77.7 Å². The van der Waals surface area contributed by atoms with E-state index in [1.165, 1.54) is 0 Å². The molecule has 0 spiro atoms. The quantitative estimate of drug-likeness (QED) is 0.571. The van der Waals surface area contributed by atoms with Crippen LogP contribution in [-0.2, 0) is 6.42 Å². The van der Waals surface area contributed by atoms with Gasteiger partial charge in [-0.3, -0.25) is 4.79 Å². The van der Waals surface area contributed by atoms with Crippen LogP contribution in [0.25, 0.3) is 0 Å². The van der Waals surface area contributed by atoms with Gasteiger partial charge in [0.15, 0.2) is 0 Å². The molecule has 1 aliphatic rings. The van der Waals surface area contributed by atoms with E-state index in [2.05, 4.69) is 16.8 Å². The number of nitrogens with two attached hydrogens (primary N) is 1. The van der Waals surface area contributed by atoms with E-state index in [0.29, 0.717) is 28.8 Å². The largest absolute Gasteiger partial charge is 0.471 e. The number of nitrogens with zero attached hydrogens (tertiary/aromatic N) is 2. The normalized spacial score (nSPS) is 15.7. The molecule has 1 aromatic heterocycles. The third-order valence-corrected chi connectivity index (χ3v) is 5.59. The van der Waals surface area contributed by atoms with Crippen LogP contribution >= 0.6 is 11.6 Å². The van der Waals surface area contributed by atoms with E-state index in [4.69, 9.17) is 26.8 Å². The molecule has 7 heteroatoms. The second-order valence-electron chi connectivity index (χ2n) is 7.37. The number of carbonyl (C=O) groups is 1. The first-order valence-corrected chi connectivity index (χ1v) is 10.6.